The van der Waals surface area contributed by atoms with Gasteiger partial charge in [0.1, 0.15) is 6.04 Å². The van der Waals surface area contributed by atoms with Gasteiger partial charge in [-0.2, -0.15) is 0 Å². The second-order valence-electron chi connectivity index (χ2n) is 12.3. The molecule has 2 aromatic rings. The molecule has 9 heteroatoms. The lowest BCUT2D eigenvalue weighted by molar-refractivity contribution is -0.126. The molecular formula is C38H66ClN5O3. The molecule has 1 saturated carbocycles. The van der Waals surface area contributed by atoms with E-state index in [9.17, 15) is 14.4 Å². The van der Waals surface area contributed by atoms with Crippen molar-refractivity contribution < 1.29 is 14.4 Å². The van der Waals surface area contributed by atoms with E-state index < -0.39 is 17.9 Å². The van der Waals surface area contributed by atoms with Crippen LogP contribution in [0.5, 0.6) is 0 Å². The molecule has 2 aromatic carbocycles. The summed E-state index contributed by atoms with van der Waals surface area (Å²) in [5.41, 5.74) is 8.01. The van der Waals surface area contributed by atoms with Crippen molar-refractivity contribution in [1.29, 1.82) is 0 Å². The monoisotopic (exact) mass is 675 g/mol. The highest BCUT2D eigenvalue weighted by Gasteiger charge is 2.20. The summed E-state index contributed by atoms with van der Waals surface area (Å²) in [4.78, 5) is 37.2. The van der Waals surface area contributed by atoms with Gasteiger partial charge in [0, 0.05) is 17.1 Å². The summed E-state index contributed by atoms with van der Waals surface area (Å²) in [5.74, 6) is 0.215. The smallest absolute Gasteiger partial charge is 0.251 e. The van der Waals surface area contributed by atoms with Gasteiger partial charge in [0.05, 0.1) is 6.54 Å². The molecule has 8 nitrogen and oxygen atoms in total. The number of rotatable bonds is 13. The van der Waals surface area contributed by atoms with Gasteiger partial charge in [-0.05, 0) is 100 Å². The van der Waals surface area contributed by atoms with Gasteiger partial charge >= 0.3 is 0 Å². The average molecular weight is 676 g/mol. The summed E-state index contributed by atoms with van der Waals surface area (Å²) in [6.45, 7) is 14.7. The average Bonchev–Trinajstić information content (AvgIpc) is 3.03. The summed E-state index contributed by atoms with van der Waals surface area (Å²) < 4.78 is 0. The van der Waals surface area contributed by atoms with Crippen molar-refractivity contribution in [3.8, 4) is 0 Å². The molecule has 0 spiro atoms. The zero-order valence-corrected chi connectivity index (χ0v) is 30.5. The van der Waals surface area contributed by atoms with Crippen molar-refractivity contribution in [3.05, 3.63) is 70.2 Å². The van der Waals surface area contributed by atoms with E-state index in [4.69, 9.17) is 17.3 Å². The van der Waals surface area contributed by atoms with Crippen LogP contribution in [0.2, 0.25) is 5.02 Å². The van der Waals surface area contributed by atoms with Crippen LogP contribution >= 0.6 is 11.6 Å². The molecule has 47 heavy (non-hydrogen) atoms. The van der Waals surface area contributed by atoms with Gasteiger partial charge < -0.3 is 26.6 Å². The maximum Gasteiger partial charge on any atom is 0.251 e. The number of hydrogen-bond donors (Lipinski definition) is 4. The Bertz CT molecular complexity index is 1100. The Hall–Kier alpha value is -2.94. The summed E-state index contributed by atoms with van der Waals surface area (Å²) in [5, 5.41) is 9.32. The van der Waals surface area contributed by atoms with Crippen LogP contribution in [0.1, 0.15) is 121 Å². The molecule has 0 heterocycles. The molecule has 1 atom stereocenters. The highest BCUT2D eigenvalue weighted by Crippen LogP contribution is 2.33. The minimum Gasteiger partial charge on any atom is -0.368 e. The first-order valence-electron chi connectivity index (χ1n) is 17.0. The molecule has 0 saturated heterocycles. The van der Waals surface area contributed by atoms with E-state index in [0.29, 0.717) is 12.0 Å². The summed E-state index contributed by atoms with van der Waals surface area (Å²) in [6.07, 6.45) is 8.36. The molecule has 1 fully saturated rings. The first kappa shape index (κ1) is 46.2. The van der Waals surface area contributed by atoms with Gasteiger partial charge in [0.15, 0.2) is 0 Å². The Morgan fingerprint density at radius 3 is 2.09 bits per heavy atom. The number of amides is 3. The maximum atomic E-state index is 12.3. The number of benzene rings is 2. The van der Waals surface area contributed by atoms with Crippen molar-refractivity contribution >= 4 is 29.3 Å². The molecular weight excluding hydrogens is 610 g/mol. The van der Waals surface area contributed by atoms with Crippen LogP contribution in [-0.4, -0.2) is 62.4 Å². The summed E-state index contributed by atoms with van der Waals surface area (Å²) in [7, 11) is 4.10. The van der Waals surface area contributed by atoms with Crippen molar-refractivity contribution in [2.45, 2.75) is 112 Å². The molecule has 268 valence electrons. The van der Waals surface area contributed by atoms with Crippen molar-refractivity contribution in [2.24, 2.45) is 11.7 Å². The van der Waals surface area contributed by atoms with Crippen LogP contribution in [0.3, 0.4) is 0 Å². The first-order valence-corrected chi connectivity index (χ1v) is 17.4. The molecule has 3 amide bonds. The zero-order chi connectivity index (χ0) is 34.9. The van der Waals surface area contributed by atoms with Crippen molar-refractivity contribution in [3.63, 3.8) is 0 Å². The molecule has 1 aliphatic carbocycles. The molecule has 3 rings (SSSR count). The Morgan fingerprint density at radius 1 is 0.979 bits per heavy atom. The number of primary amides is 1. The number of carbonyl (C=O) groups excluding carboxylic acids is 3. The fourth-order valence-corrected chi connectivity index (χ4v) is 4.81. The minimum absolute atomic E-state index is 0. The second-order valence-corrected chi connectivity index (χ2v) is 12.7. The standard InChI is InChI=1S/C19H31N5O3.C12H15Cl.C4H10.C2H6.CH4/c1-4-16(19(27)22-13-17(20)25)23-18(26)15-8-6-14(7-9-15)12-21-10-5-11-24(2)3;13-12-8-4-7-11(9-12)10-5-2-1-3-6-10;1-4(2)3;1-2;/h6-9,16,21H,4-5,10-13H2,1-3H3,(H2,20,25)(H,22,27)(H,23,26);4,7-10H,1-3,5-6H2;4H,1-3H3;1-2H3;1H4. The van der Waals surface area contributed by atoms with E-state index >= 15 is 0 Å². The molecule has 0 aromatic heterocycles. The molecule has 0 aliphatic heterocycles. The van der Waals surface area contributed by atoms with Crippen molar-refractivity contribution in [1.82, 2.24) is 20.9 Å². The SMILES string of the molecule is C.CC.CC(C)C.CCC(NC(=O)c1ccc(CNCCCN(C)C)cc1)C(=O)NCC(N)=O.Clc1cccc(C2CCCCC2)c1. The van der Waals surface area contributed by atoms with Crippen LogP contribution in [0.4, 0.5) is 0 Å². The number of halogens is 1. The molecule has 1 unspecified atom stereocenters. The predicted octanol–water partition coefficient (Wildman–Crippen LogP) is 7.55. The third kappa shape index (κ3) is 23.1. The van der Waals surface area contributed by atoms with Gasteiger partial charge in [-0.25, -0.2) is 0 Å². The third-order valence-electron chi connectivity index (χ3n) is 6.90. The lowest BCUT2D eigenvalue weighted by Gasteiger charge is -2.21. The zero-order valence-electron chi connectivity index (χ0n) is 29.8. The highest BCUT2D eigenvalue weighted by atomic mass is 35.5. The van der Waals surface area contributed by atoms with Crippen molar-refractivity contribution in [2.75, 3.05) is 33.7 Å². The van der Waals surface area contributed by atoms with Gasteiger partial charge in [0.25, 0.3) is 5.91 Å². The Balaban J connectivity index is 0. The van der Waals surface area contributed by atoms with E-state index in [0.717, 1.165) is 48.5 Å². The lowest BCUT2D eigenvalue weighted by atomic mass is 9.84. The minimum atomic E-state index is -0.713. The predicted molar refractivity (Wildman–Crippen MR) is 201 cm³/mol. The number of hydrogen-bond acceptors (Lipinski definition) is 5. The normalized spacial score (nSPS) is 12.9. The Labute approximate surface area is 292 Å². The van der Waals surface area contributed by atoms with Gasteiger partial charge in [0.2, 0.25) is 11.8 Å². The maximum absolute atomic E-state index is 12.3. The topological polar surface area (TPSA) is 117 Å². The van der Waals surface area contributed by atoms with Crippen LogP contribution in [0.15, 0.2) is 48.5 Å². The summed E-state index contributed by atoms with van der Waals surface area (Å²) in [6, 6.07) is 14.9. The number of nitrogens with one attached hydrogen (secondary N) is 3. The molecule has 0 radical (unpaired) electrons. The Kier molecular flexibility index (Phi) is 27.6. The van der Waals surface area contributed by atoms with Crippen LogP contribution < -0.4 is 21.7 Å². The van der Waals surface area contributed by atoms with E-state index in [-0.39, 0.29) is 19.9 Å². The fraction of sp³-hybridized carbons (Fsp3) is 0.605. The number of nitrogens with zero attached hydrogens (tertiary/aromatic N) is 1. The largest absolute Gasteiger partial charge is 0.368 e. The Morgan fingerprint density at radius 2 is 1.57 bits per heavy atom. The summed E-state index contributed by atoms with van der Waals surface area (Å²) >= 11 is 5.96. The van der Waals surface area contributed by atoms with Gasteiger partial charge in [-0.3, -0.25) is 14.4 Å². The van der Waals surface area contributed by atoms with Crippen LogP contribution in [-0.2, 0) is 16.1 Å². The fourth-order valence-electron chi connectivity index (χ4n) is 4.62. The third-order valence-corrected chi connectivity index (χ3v) is 7.13. The van der Waals surface area contributed by atoms with E-state index in [1.165, 1.54) is 37.7 Å². The van der Waals surface area contributed by atoms with E-state index in [2.05, 4.69) is 59.8 Å². The van der Waals surface area contributed by atoms with Gasteiger partial charge in [-0.15, -0.1) is 0 Å². The van der Waals surface area contributed by atoms with E-state index in [1.807, 2.05) is 46.1 Å². The van der Waals surface area contributed by atoms with Gasteiger partial charge in [-0.1, -0.05) is 104 Å². The second kappa shape index (κ2) is 28.1. The number of nitrogens with two attached hydrogens (primary N) is 1. The first-order chi connectivity index (χ1) is 21.9. The molecule has 1 aliphatic rings. The quantitative estimate of drug-likeness (QED) is 0.164. The van der Waals surface area contributed by atoms with Crippen LogP contribution in [0.25, 0.3) is 0 Å². The highest BCUT2D eigenvalue weighted by molar-refractivity contribution is 6.30. The molecule has 5 N–H and O–H groups in total. The lowest BCUT2D eigenvalue weighted by Crippen LogP contribution is -2.48. The molecule has 0 bridgehead atoms. The van der Waals surface area contributed by atoms with Crippen LogP contribution in [0, 0.1) is 5.92 Å². The number of carbonyl (C=O) groups is 3. The van der Waals surface area contributed by atoms with E-state index in [1.54, 1.807) is 19.1 Å².